The van der Waals surface area contributed by atoms with Crippen molar-refractivity contribution in [2.45, 2.75) is 6.10 Å². The molecule has 0 aliphatic heterocycles. The molecule has 0 radical (unpaired) electrons. The zero-order valence-corrected chi connectivity index (χ0v) is 11.7. The summed E-state index contributed by atoms with van der Waals surface area (Å²) in [4.78, 5) is 12.3. The largest absolute Gasteiger partial charge is 0.502 e. The Balaban J connectivity index is 2.39. The second-order valence-corrected chi connectivity index (χ2v) is 4.41. The summed E-state index contributed by atoms with van der Waals surface area (Å²) in [5.41, 5.74) is 0.686. The van der Waals surface area contributed by atoms with Crippen molar-refractivity contribution in [3.8, 4) is 17.2 Å². The van der Waals surface area contributed by atoms with Gasteiger partial charge in [-0.05, 0) is 17.7 Å². The summed E-state index contributed by atoms with van der Waals surface area (Å²) in [6.07, 6.45) is -1.29. The van der Waals surface area contributed by atoms with Gasteiger partial charge in [0.15, 0.2) is 17.3 Å². The summed E-state index contributed by atoms with van der Waals surface area (Å²) in [6.45, 7) is 0. The first-order valence-electron chi connectivity index (χ1n) is 6.30. The number of ether oxygens (including phenoxy) is 2. The molecular formula is C16H16O5. The van der Waals surface area contributed by atoms with E-state index in [4.69, 9.17) is 9.47 Å². The third kappa shape index (κ3) is 2.98. The minimum atomic E-state index is -1.29. The molecule has 0 bridgehead atoms. The maximum absolute atomic E-state index is 12.3. The van der Waals surface area contributed by atoms with Crippen LogP contribution in [-0.4, -0.2) is 30.2 Å². The molecular weight excluding hydrogens is 272 g/mol. The van der Waals surface area contributed by atoms with E-state index in [1.165, 1.54) is 26.4 Å². The van der Waals surface area contributed by atoms with E-state index in [2.05, 4.69) is 0 Å². The second-order valence-electron chi connectivity index (χ2n) is 4.41. The lowest BCUT2D eigenvalue weighted by Gasteiger charge is -2.13. The lowest BCUT2D eigenvalue weighted by Crippen LogP contribution is -2.12. The Bertz CT molecular complexity index is 611. The first-order valence-corrected chi connectivity index (χ1v) is 6.30. The van der Waals surface area contributed by atoms with Gasteiger partial charge in [0.05, 0.1) is 14.2 Å². The predicted molar refractivity (Wildman–Crippen MR) is 76.9 cm³/mol. The topological polar surface area (TPSA) is 76.0 Å². The summed E-state index contributed by atoms with van der Waals surface area (Å²) in [5, 5.41) is 20.0. The van der Waals surface area contributed by atoms with Crippen molar-refractivity contribution in [1.82, 2.24) is 0 Å². The van der Waals surface area contributed by atoms with Crippen LogP contribution in [0.4, 0.5) is 0 Å². The van der Waals surface area contributed by atoms with Gasteiger partial charge in [0.25, 0.3) is 0 Å². The molecule has 0 aromatic heterocycles. The van der Waals surface area contributed by atoms with Gasteiger partial charge in [-0.2, -0.15) is 0 Å². The number of phenolic OH excluding ortho intramolecular Hbond substituents is 1. The van der Waals surface area contributed by atoms with Gasteiger partial charge in [-0.25, -0.2) is 0 Å². The first kappa shape index (κ1) is 14.9. The summed E-state index contributed by atoms with van der Waals surface area (Å²) < 4.78 is 10.00. The minimum Gasteiger partial charge on any atom is -0.502 e. The number of phenols is 1. The Hall–Kier alpha value is -2.53. The molecule has 0 amide bonds. The van der Waals surface area contributed by atoms with Crippen LogP contribution in [0.1, 0.15) is 22.0 Å². The number of hydrogen-bond acceptors (Lipinski definition) is 5. The highest BCUT2D eigenvalue weighted by atomic mass is 16.5. The first-order chi connectivity index (χ1) is 10.1. The number of ketones is 1. The molecule has 0 aliphatic carbocycles. The number of hydrogen-bond donors (Lipinski definition) is 2. The standard InChI is InChI=1S/C16H16O5/c1-20-12-8-11(9-13(21-2)16(12)19)15(18)14(17)10-6-4-3-5-7-10/h3-9,14,17,19H,1-2H3. The molecule has 2 N–H and O–H groups in total. The number of aromatic hydroxyl groups is 1. The van der Waals surface area contributed by atoms with Gasteiger partial charge in [-0.1, -0.05) is 30.3 Å². The molecule has 2 rings (SSSR count). The molecule has 0 saturated heterocycles. The van der Waals surface area contributed by atoms with Crippen LogP contribution in [0, 0.1) is 0 Å². The average molecular weight is 288 g/mol. The SMILES string of the molecule is COc1cc(C(=O)C(O)c2ccccc2)cc(OC)c1O. The molecule has 1 unspecified atom stereocenters. The highest BCUT2D eigenvalue weighted by Gasteiger charge is 2.22. The van der Waals surface area contributed by atoms with Crippen LogP contribution in [0.25, 0.3) is 0 Å². The zero-order valence-electron chi connectivity index (χ0n) is 11.7. The van der Waals surface area contributed by atoms with E-state index in [0.29, 0.717) is 5.56 Å². The smallest absolute Gasteiger partial charge is 0.200 e. The normalized spacial score (nSPS) is 11.8. The highest BCUT2D eigenvalue weighted by Crippen LogP contribution is 2.38. The van der Waals surface area contributed by atoms with Crippen LogP contribution >= 0.6 is 0 Å². The molecule has 0 heterocycles. The molecule has 5 nitrogen and oxygen atoms in total. The Labute approximate surface area is 122 Å². The van der Waals surface area contributed by atoms with Crippen molar-refractivity contribution in [2.24, 2.45) is 0 Å². The number of Topliss-reactive ketones (excluding diaryl/α,β-unsaturated/α-hetero) is 1. The fraction of sp³-hybridized carbons (Fsp3) is 0.188. The summed E-state index contributed by atoms with van der Waals surface area (Å²) in [5.74, 6) is -0.473. The van der Waals surface area contributed by atoms with E-state index in [-0.39, 0.29) is 22.8 Å². The van der Waals surface area contributed by atoms with Crippen molar-refractivity contribution in [1.29, 1.82) is 0 Å². The monoisotopic (exact) mass is 288 g/mol. The van der Waals surface area contributed by atoms with E-state index >= 15 is 0 Å². The molecule has 5 heteroatoms. The molecule has 0 saturated carbocycles. The zero-order chi connectivity index (χ0) is 15.4. The van der Waals surface area contributed by atoms with E-state index in [9.17, 15) is 15.0 Å². The van der Waals surface area contributed by atoms with E-state index in [0.717, 1.165) is 0 Å². The van der Waals surface area contributed by atoms with Gasteiger partial charge in [-0.15, -0.1) is 0 Å². The molecule has 0 spiro atoms. The molecule has 1 atom stereocenters. The number of carbonyl (C=O) groups excluding carboxylic acids is 1. The number of methoxy groups -OCH3 is 2. The lowest BCUT2D eigenvalue weighted by atomic mass is 9.99. The predicted octanol–water partition coefficient (Wildman–Crippen LogP) is 2.33. The number of aliphatic hydroxyl groups excluding tert-OH is 1. The van der Waals surface area contributed by atoms with Crippen molar-refractivity contribution in [3.63, 3.8) is 0 Å². The van der Waals surface area contributed by atoms with Crippen LogP contribution in [0.15, 0.2) is 42.5 Å². The number of benzene rings is 2. The van der Waals surface area contributed by atoms with Crippen LogP contribution in [0.2, 0.25) is 0 Å². The minimum absolute atomic E-state index is 0.109. The Morgan fingerprint density at radius 1 is 1.05 bits per heavy atom. The Kier molecular flexibility index (Phi) is 4.45. The fourth-order valence-electron chi connectivity index (χ4n) is 1.98. The molecule has 0 fully saturated rings. The fourth-order valence-corrected chi connectivity index (χ4v) is 1.98. The molecule has 0 aliphatic rings. The third-order valence-corrected chi connectivity index (χ3v) is 3.13. The van der Waals surface area contributed by atoms with Crippen molar-refractivity contribution in [2.75, 3.05) is 14.2 Å². The maximum Gasteiger partial charge on any atom is 0.200 e. The molecule has 2 aromatic rings. The van der Waals surface area contributed by atoms with Crippen LogP contribution in [-0.2, 0) is 0 Å². The molecule has 21 heavy (non-hydrogen) atoms. The quantitative estimate of drug-likeness (QED) is 0.826. The maximum atomic E-state index is 12.3. The van der Waals surface area contributed by atoms with Crippen molar-refractivity contribution < 1.29 is 24.5 Å². The number of aliphatic hydroxyl groups is 1. The third-order valence-electron chi connectivity index (χ3n) is 3.13. The van der Waals surface area contributed by atoms with Gasteiger partial charge < -0.3 is 19.7 Å². The highest BCUT2D eigenvalue weighted by molar-refractivity contribution is 6.00. The van der Waals surface area contributed by atoms with Crippen molar-refractivity contribution >= 4 is 5.78 Å². The summed E-state index contributed by atoms with van der Waals surface area (Å²) in [7, 11) is 2.74. The molecule has 2 aromatic carbocycles. The van der Waals surface area contributed by atoms with Crippen LogP contribution in [0.5, 0.6) is 17.2 Å². The second kappa shape index (κ2) is 6.28. The Morgan fingerprint density at radius 2 is 1.57 bits per heavy atom. The van der Waals surface area contributed by atoms with Gasteiger partial charge in [0.2, 0.25) is 5.75 Å². The van der Waals surface area contributed by atoms with E-state index in [1.807, 2.05) is 0 Å². The summed E-state index contributed by atoms with van der Waals surface area (Å²) >= 11 is 0. The number of carbonyl (C=O) groups is 1. The average Bonchev–Trinajstić information content (AvgIpc) is 2.54. The van der Waals surface area contributed by atoms with Gasteiger partial charge in [0.1, 0.15) is 6.10 Å². The lowest BCUT2D eigenvalue weighted by molar-refractivity contribution is 0.0746. The summed E-state index contributed by atoms with van der Waals surface area (Å²) in [6, 6.07) is 11.3. The van der Waals surface area contributed by atoms with E-state index < -0.39 is 11.9 Å². The van der Waals surface area contributed by atoms with Gasteiger partial charge in [0, 0.05) is 5.56 Å². The number of rotatable bonds is 5. The van der Waals surface area contributed by atoms with Gasteiger partial charge >= 0.3 is 0 Å². The van der Waals surface area contributed by atoms with E-state index in [1.54, 1.807) is 30.3 Å². The molecule has 110 valence electrons. The van der Waals surface area contributed by atoms with Crippen LogP contribution < -0.4 is 9.47 Å². The Morgan fingerprint density at radius 3 is 2.05 bits per heavy atom. The van der Waals surface area contributed by atoms with Gasteiger partial charge in [-0.3, -0.25) is 4.79 Å². The van der Waals surface area contributed by atoms with Crippen molar-refractivity contribution in [3.05, 3.63) is 53.6 Å². The van der Waals surface area contributed by atoms with Crippen LogP contribution in [0.3, 0.4) is 0 Å².